The van der Waals surface area contributed by atoms with Crippen molar-refractivity contribution in [3.05, 3.63) is 173 Å². The summed E-state index contributed by atoms with van der Waals surface area (Å²) in [6, 6.07) is 5.11. The number of likely N-dealkylation sites (N-methyl/N-ethyl adjacent to an activating group) is 1. The van der Waals surface area contributed by atoms with Crippen LogP contribution in [0.1, 0.15) is 115 Å². The first-order valence-electron chi connectivity index (χ1n) is 41.1. The average Bonchev–Trinajstić information content (AvgIpc) is 0.755. The molecule has 3 saturated heterocycles. The van der Waals surface area contributed by atoms with Gasteiger partial charge in [-0.3, -0.25) is 57.5 Å². The maximum Gasteiger partial charge on any atom is 0.349 e. The summed E-state index contributed by atoms with van der Waals surface area (Å²) in [5.41, 5.74) is 3.31. The lowest BCUT2D eigenvalue weighted by Crippen LogP contribution is -2.65. The van der Waals surface area contributed by atoms with Crippen molar-refractivity contribution in [2.24, 2.45) is 11.7 Å². The molecule has 41 nitrogen and oxygen atoms in total. The third-order valence-electron chi connectivity index (χ3n) is 22.7. The summed E-state index contributed by atoms with van der Waals surface area (Å²) in [7, 11) is 1.47. The molecule has 0 saturated carbocycles. The fourth-order valence-electron chi connectivity index (χ4n) is 15.8. The number of primary amides is 1. The molecular formula is C85H96Cl4N14O27. The van der Waals surface area contributed by atoms with E-state index in [1.54, 1.807) is 6.92 Å². The molecule has 11 bridgehead atoms. The van der Waals surface area contributed by atoms with Crippen molar-refractivity contribution in [1.82, 2.24) is 62.5 Å². The van der Waals surface area contributed by atoms with Gasteiger partial charge in [0, 0.05) is 83.7 Å². The zero-order chi connectivity index (χ0) is 93.6. The van der Waals surface area contributed by atoms with Gasteiger partial charge in [0.25, 0.3) is 11.8 Å². The van der Waals surface area contributed by atoms with Crippen LogP contribution in [0.2, 0.25) is 20.1 Å². The Labute approximate surface area is 760 Å². The fraction of sp³-hybridized carbons (Fsp3) is 0.424. The van der Waals surface area contributed by atoms with Crippen LogP contribution in [0.5, 0.6) is 46.0 Å². The highest BCUT2D eigenvalue weighted by Gasteiger charge is 2.52. The van der Waals surface area contributed by atoms with E-state index < -0.39 is 254 Å². The summed E-state index contributed by atoms with van der Waals surface area (Å²) < 4.78 is 46.2. The smallest absolute Gasteiger partial charge is 0.349 e. The van der Waals surface area contributed by atoms with Gasteiger partial charge in [-0.15, -0.1) is 0 Å². The third-order valence-corrected chi connectivity index (χ3v) is 23.7. The zero-order valence-electron chi connectivity index (χ0n) is 70.1. The summed E-state index contributed by atoms with van der Waals surface area (Å²) in [6.45, 7) is 7.59. The summed E-state index contributed by atoms with van der Waals surface area (Å²) in [5.74, 6) is -16.3. The van der Waals surface area contributed by atoms with E-state index in [-0.39, 0.29) is 88.9 Å². The van der Waals surface area contributed by atoms with Gasteiger partial charge in [-0.1, -0.05) is 78.5 Å². The number of carbonyl (C=O) groups excluding carboxylic acids is 9. The Morgan fingerprint density at radius 2 is 1.35 bits per heavy atom. The lowest BCUT2D eigenvalue weighted by molar-refractivity contribution is -0.334. The number of benzene rings is 6. The number of rotatable bonds is 23. The fourth-order valence-corrected chi connectivity index (χ4v) is 16.8. The van der Waals surface area contributed by atoms with Crippen molar-refractivity contribution in [2.45, 2.75) is 163 Å². The number of aromatic nitrogens is 2. The number of hydrogen-bond acceptors (Lipinski definition) is 31. The Balaban J connectivity index is 0.941. The van der Waals surface area contributed by atoms with E-state index in [2.05, 4.69) is 58.3 Å². The molecule has 1 unspecified atom stereocenters. The maximum absolute atomic E-state index is 16.4. The normalized spacial score (nSPS) is 26.3. The summed E-state index contributed by atoms with van der Waals surface area (Å²) >= 11 is 26.6. The van der Waals surface area contributed by atoms with Gasteiger partial charge in [0.05, 0.1) is 61.1 Å². The van der Waals surface area contributed by atoms with Crippen molar-refractivity contribution in [1.29, 1.82) is 0 Å². The van der Waals surface area contributed by atoms with Gasteiger partial charge in [0.15, 0.2) is 23.9 Å². The Hall–Kier alpha value is -11.2. The number of amides is 9. The number of phenolic OH excluding ortho intramolecular Hbond substituents is 3. The first-order chi connectivity index (χ1) is 61.8. The number of nitrogens with zero attached hydrogens (tertiary/aromatic N) is 3. The minimum Gasteiger partial charge on any atom is -0.508 e. The third kappa shape index (κ3) is 22.2. The first kappa shape index (κ1) is 96.4. The van der Waals surface area contributed by atoms with E-state index >= 15 is 24.0 Å². The molecule has 0 radical (unpaired) electrons. The van der Waals surface area contributed by atoms with Gasteiger partial charge in [0.1, 0.15) is 101 Å². The number of fused-ring (bicyclic) bond motifs is 15. The SMILES string of the molecule is CN[C@H](CC(C)C)C(=O)N[C@H]1C(=O)N[C@@H](CC(N)=O)C(=O)NC2C(=O)N[C@H]3C(=O)N[C@H](C(=O)N[C@@H](C(=O)NOCCN4CCOCC4)c4cc(O)cc(O)c4-c4cc3ccc4O)[C@H](O)c3ccc(c(Cl)c3)Oc3cc2cc(c3O[C@@H]2O[C@H](CO)[C@@H](O)[C@H](O)[C@H]2O[C@H]2C[C@](C)(NCCn3ccc(NC(=O)c4cc(Cl)cc(Cl)c4)nc3=O)[C@H](O)[C@H](C)O2)Oc2ccc(cc2Cl)[C@H]1O. The summed E-state index contributed by atoms with van der Waals surface area (Å²) in [6.07, 6.45) is -18.3. The lowest BCUT2D eigenvalue weighted by atomic mass is 9.85. The number of hydroxylamine groups is 1. The lowest BCUT2D eigenvalue weighted by Gasteiger charge is -2.48. The minimum atomic E-state index is -2.40. The van der Waals surface area contributed by atoms with E-state index in [1.807, 2.05) is 18.7 Å². The number of carbonyl (C=O) groups is 9. The number of aliphatic hydroxyl groups is 6. The quantitative estimate of drug-likeness (QED) is 0.0321. The van der Waals surface area contributed by atoms with Crippen LogP contribution in [0.4, 0.5) is 5.82 Å². The highest BCUT2D eigenvalue weighted by atomic mass is 35.5. The molecule has 45 heteroatoms. The first-order valence-corrected chi connectivity index (χ1v) is 42.6. The van der Waals surface area contributed by atoms with Crippen molar-refractivity contribution in [3.63, 3.8) is 0 Å². The molecule has 9 heterocycles. The van der Waals surface area contributed by atoms with Crippen LogP contribution < -0.4 is 79.0 Å². The molecule has 8 aliphatic heterocycles. The van der Waals surface area contributed by atoms with Crippen molar-refractivity contribution < 1.29 is 127 Å². The Morgan fingerprint density at radius 1 is 0.700 bits per heavy atom. The second kappa shape index (κ2) is 41.5. The van der Waals surface area contributed by atoms with Crippen LogP contribution in [-0.4, -0.2) is 252 Å². The predicted octanol–water partition coefficient (Wildman–Crippen LogP) is 1.85. The van der Waals surface area contributed by atoms with Crippen LogP contribution in [0.3, 0.4) is 0 Å². The van der Waals surface area contributed by atoms with E-state index in [9.17, 15) is 69.9 Å². The Bertz CT molecular complexity index is 5500. The second-order valence-electron chi connectivity index (χ2n) is 32.4. The molecular weight excluding hydrogens is 1790 g/mol. The number of anilines is 1. The molecule has 696 valence electrons. The van der Waals surface area contributed by atoms with E-state index in [0.29, 0.717) is 26.3 Å². The van der Waals surface area contributed by atoms with Crippen LogP contribution in [0.25, 0.3) is 11.1 Å². The molecule has 21 N–H and O–H groups in total. The number of halogens is 4. The van der Waals surface area contributed by atoms with Gasteiger partial charge in [0.2, 0.25) is 53.4 Å². The standard InChI is InChI=1S/C85H96Cl4N14O27/c1-36(2)22-50(91-5)76(115)99-66-68(109)39-7-10-54(48(88)26-39)126-56-28-41-29-57(72(56)130-83-73(71(112)70(111)58(35-104)128-83)129-61-34-85(4,74(113)37(3)125-61)92-13-15-103-14-12-60(95-84(103)122)94-75(114)42-23-43(86)30-44(87)24-42)127-55-11-8-40(27-49(55)89)69(110)67-81(120)98-65(82(121)101-124-21-18-102-16-19-123-20-17-102)47-31-45(105)32-53(107)62(47)46-25-38(6-9-52(46)106)63(78(117)100-67)97-79(118)64(41)96-77(116)51(33-59(90)108)93-80(66)119/h6-12,14,23-32,36-37,50-51,58,61,63-71,73-74,83,91-92,104-107,109-113H,13,15-22,33-35H2,1-5H3,(H2,90,108)(H,93,119)(H,96,116)(H,97,118)(H,98,120)(H,99,115)(H,100,117)(H,101,121)(H,94,95,114,122)/t37-,50+,51-,58+,61-,63+,64?,65+,66+,67-,68+,69+,70+,71-,73+,74+,83-,85-/m0/s1. The largest absolute Gasteiger partial charge is 0.508 e. The molecule has 6 aromatic carbocycles. The van der Waals surface area contributed by atoms with E-state index in [4.69, 9.17) is 90.1 Å². The molecule has 0 aliphatic carbocycles. The molecule has 130 heavy (non-hydrogen) atoms. The number of hydrogen-bond donors (Lipinski definition) is 20. The number of nitrogens with two attached hydrogens (primary N) is 1. The van der Waals surface area contributed by atoms with Crippen LogP contribution in [0, 0.1) is 5.92 Å². The monoisotopic (exact) mass is 1880 g/mol. The number of morpholine rings is 1. The number of phenols is 3. The predicted molar refractivity (Wildman–Crippen MR) is 460 cm³/mol. The number of nitrogens with one attached hydrogen (secondary N) is 10. The minimum absolute atomic E-state index is 0.0520. The molecule has 7 aromatic rings. The Kier molecular flexibility index (Phi) is 30.8. The van der Waals surface area contributed by atoms with Crippen LogP contribution in [-0.2, 0) is 68.7 Å². The van der Waals surface area contributed by atoms with Gasteiger partial charge in [-0.25, -0.2) is 10.3 Å². The van der Waals surface area contributed by atoms with Gasteiger partial charge in [-0.2, -0.15) is 4.98 Å². The number of aliphatic hydroxyl groups excluding tert-OH is 6. The Morgan fingerprint density at radius 3 is 1.98 bits per heavy atom. The van der Waals surface area contributed by atoms with Crippen molar-refractivity contribution in [2.75, 3.05) is 65.0 Å². The topological polar surface area (TPSA) is 594 Å². The molecule has 15 rings (SSSR count). The van der Waals surface area contributed by atoms with Gasteiger partial charge in [-0.05, 0) is 140 Å². The highest BCUT2D eigenvalue weighted by molar-refractivity contribution is 6.35. The summed E-state index contributed by atoms with van der Waals surface area (Å²) in [4.78, 5) is 159. The van der Waals surface area contributed by atoms with E-state index in [0.717, 1.165) is 66.7 Å². The molecule has 1 aromatic heterocycles. The van der Waals surface area contributed by atoms with Gasteiger partial charge >= 0.3 is 5.69 Å². The molecule has 0 spiro atoms. The van der Waals surface area contributed by atoms with Crippen LogP contribution in [0.15, 0.2) is 114 Å². The van der Waals surface area contributed by atoms with Crippen molar-refractivity contribution >= 4 is 105 Å². The second-order valence-corrected chi connectivity index (χ2v) is 34.1. The highest BCUT2D eigenvalue weighted by Crippen LogP contribution is 2.50. The molecule has 8 aliphatic rings. The van der Waals surface area contributed by atoms with E-state index in [1.165, 1.54) is 61.1 Å². The zero-order valence-corrected chi connectivity index (χ0v) is 73.1. The van der Waals surface area contributed by atoms with Crippen molar-refractivity contribution in [3.8, 4) is 57.1 Å². The molecule has 3 fully saturated rings. The molecule has 9 amide bonds. The number of ether oxygens (including phenoxy) is 7. The molecule has 18 atom stereocenters. The number of aromatic hydroxyl groups is 3. The van der Waals surface area contributed by atoms with Gasteiger partial charge < -0.3 is 133 Å². The summed E-state index contributed by atoms with van der Waals surface area (Å²) in [5, 5.41) is 131. The average molecular weight is 1890 g/mol. The maximum atomic E-state index is 16.4. The van der Waals surface area contributed by atoms with Crippen LogP contribution >= 0.6 is 46.4 Å².